The highest BCUT2D eigenvalue weighted by Crippen LogP contribution is 2.10. The Labute approximate surface area is 99.2 Å². The highest BCUT2D eigenvalue weighted by Gasteiger charge is 2.22. The normalized spacial score (nSPS) is 12.2. The van der Waals surface area contributed by atoms with Crippen LogP contribution in [-0.2, 0) is 11.2 Å². The van der Waals surface area contributed by atoms with E-state index in [1.807, 2.05) is 6.92 Å². The molecular formula is C11H16N2O4. The fourth-order valence-electron chi connectivity index (χ4n) is 1.35. The van der Waals surface area contributed by atoms with Crippen LogP contribution in [0.25, 0.3) is 0 Å². The van der Waals surface area contributed by atoms with Crippen LogP contribution in [0.1, 0.15) is 36.5 Å². The number of nitrogens with zero attached hydrogens (tertiary/aromatic N) is 2. The number of carbonyl (C=O) groups excluding carboxylic acids is 1. The average Bonchev–Trinajstić information content (AvgIpc) is 2.74. The van der Waals surface area contributed by atoms with Gasteiger partial charge < -0.3 is 14.5 Å². The van der Waals surface area contributed by atoms with Crippen molar-refractivity contribution in [2.75, 3.05) is 7.05 Å². The quantitative estimate of drug-likeness (QED) is 0.835. The molecule has 1 heterocycles. The summed E-state index contributed by atoms with van der Waals surface area (Å²) in [6.07, 6.45) is 0.565. The number of amides is 1. The van der Waals surface area contributed by atoms with Crippen molar-refractivity contribution in [3.63, 3.8) is 0 Å². The topological polar surface area (TPSA) is 83.6 Å². The summed E-state index contributed by atoms with van der Waals surface area (Å²) in [6.45, 7) is 3.57. The Morgan fingerprint density at radius 1 is 1.59 bits per heavy atom. The van der Waals surface area contributed by atoms with E-state index in [2.05, 4.69) is 5.16 Å². The van der Waals surface area contributed by atoms with Gasteiger partial charge in [0.2, 0.25) is 0 Å². The van der Waals surface area contributed by atoms with Gasteiger partial charge in [-0.1, -0.05) is 12.1 Å². The van der Waals surface area contributed by atoms with E-state index in [4.69, 9.17) is 9.63 Å². The number of carboxylic acids is 1. The van der Waals surface area contributed by atoms with Crippen LogP contribution in [0, 0.1) is 0 Å². The van der Waals surface area contributed by atoms with Crippen molar-refractivity contribution in [3.05, 3.63) is 17.5 Å². The highest BCUT2D eigenvalue weighted by molar-refractivity contribution is 5.92. The molecule has 0 saturated carbocycles. The number of carbonyl (C=O) groups is 2. The number of aryl methyl sites for hydroxylation is 1. The summed E-state index contributed by atoms with van der Waals surface area (Å²) in [5.74, 6) is -0.638. The van der Waals surface area contributed by atoms with Crippen molar-refractivity contribution < 1.29 is 19.2 Å². The first-order valence-corrected chi connectivity index (χ1v) is 5.40. The molecule has 94 valence electrons. The summed E-state index contributed by atoms with van der Waals surface area (Å²) in [4.78, 5) is 23.8. The Bertz CT molecular complexity index is 413. The van der Waals surface area contributed by atoms with E-state index in [1.165, 1.54) is 4.90 Å². The molecule has 0 saturated heterocycles. The molecule has 0 fully saturated rings. The van der Waals surface area contributed by atoms with E-state index < -0.39 is 5.97 Å². The van der Waals surface area contributed by atoms with Gasteiger partial charge in [-0.05, 0) is 6.92 Å². The summed E-state index contributed by atoms with van der Waals surface area (Å²) in [5.41, 5.74) is 0.210. The van der Waals surface area contributed by atoms with E-state index >= 15 is 0 Å². The fraction of sp³-hybridized carbons (Fsp3) is 0.545. The molecule has 1 aromatic heterocycles. The first-order valence-electron chi connectivity index (χ1n) is 5.40. The Kier molecular flexibility index (Phi) is 4.25. The largest absolute Gasteiger partial charge is 0.481 e. The fourth-order valence-corrected chi connectivity index (χ4v) is 1.35. The Morgan fingerprint density at radius 2 is 2.24 bits per heavy atom. The molecule has 0 aliphatic rings. The lowest BCUT2D eigenvalue weighted by Gasteiger charge is -2.22. The van der Waals surface area contributed by atoms with Crippen LogP contribution in [0.15, 0.2) is 10.6 Å². The molecule has 6 nitrogen and oxygen atoms in total. The zero-order valence-corrected chi connectivity index (χ0v) is 10.1. The first kappa shape index (κ1) is 13.2. The van der Waals surface area contributed by atoms with E-state index in [1.54, 1.807) is 20.0 Å². The van der Waals surface area contributed by atoms with Gasteiger partial charge in [0.15, 0.2) is 5.69 Å². The van der Waals surface area contributed by atoms with Crippen LogP contribution in [0.5, 0.6) is 0 Å². The van der Waals surface area contributed by atoms with Crippen molar-refractivity contribution in [1.29, 1.82) is 0 Å². The minimum absolute atomic E-state index is 0.0965. The maximum atomic E-state index is 11.9. The second-order valence-corrected chi connectivity index (χ2v) is 3.89. The van der Waals surface area contributed by atoms with Crippen LogP contribution < -0.4 is 0 Å². The summed E-state index contributed by atoms with van der Waals surface area (Å²) in [7, 11) is 1.55. The van der Waals surface area contributed by atoms with Gasteiger partial charge in [-0.2, -0.15) is 0 Å². The minimum Gasteiger partial charge on any atom is -0.481 e. The standard InChI is InChI=1S/C11H16N2O4/c1-4-8-6-9(12-17-8)11(16)13(3)7(2)5-10(14)15/h6-7H,4-5H2,1-3H3,(H,14,15). The number of carboxylic acid groups (broad SMARTS) is 1. The van der Waals surface area contributed by atoms with Crippen molar-refractivity contribution in [2.45, 2.75) is 32.7 Å². The number of aromatic nitrogens is 1. The van der Waals surface area contributed by atoms with Crippen molar-refractivity contribution >= 4 is 11.9 Å². The number of aliphatic carboxylic acids is 1. The molecule has 0 aliphatic carbocycles. The lowest BCUT2D eigenvalue weighted by atomic mass is 10.2. The monoisotopic (exact) mass is 240 g/mol. The number of hydrogen-bond donors (Lipinski definition) is 1. The lowest BCUT2D eigenvalue weighted by molar-refractivity contribution is -0.137. The number of rotatable bonds is 5. The van der Waals surface area contributed by atoms with Gasteiger partial charge in [0, 0.05) is 25.6 Å². The summed E-state index contributed by atoms with van der Waals surface area (Å²) < 4.78 is 4.93. The van der Waals surface area contributed by atoms with Gasteiger partial charge in [-0.15, -0.1) is 0 Å². The van der Waals surface area contributed by atoms with Crippen LogP contribution >= 0.6 is 0 Å². The van der Waals surface area contributed by atoms with Crippen LogP contribution in [0.2, 0.25) is 0 Å². The van der Waals surface area contributed by atoms with Gasteiger partial charge >= 0.3 is 5.97 Å². The second kappa shape index (κ2) is 5.47. The van der Waals surface area contributed by atoms with Crippen molar-refractivity contribution in [3.8, 4) is 0 Å². The lowest BCUT2D eigenvalue weighted by Crippen LogP contribution is -2.36. The van der Waals surface area contributed by atoms with E-state index in [0.717, 1.165) is 0 Å². The molecule has 6 heteroatoms. The molecule has 1 aromatic rings. The Hall–Kier alpha value is -1.85. The Morgan fingerprint density at radius 3 is 2.71 bits per heavy atom. The molecule has 1 atom stereocenters. The van der Waals surface area contributed by atoms with E-state index in [0.29, 0.717) is 12.2 Å². The Balaban J connectivity index is 2.71. The van der Waals surface area contributed by atoms with E-state index in [9.17, 15) is 9.59 Å². The molecule has 0 radical (unpaired) electrons. The SMILES string of the molecule is CCc1cc(C(=O)N(C)C(C)CC(=O)O)no1. The zero-order valence-electron chi connectivity index (χ0n) is 10.1. The van der Waals surface area contributed by atoms with Gasteiger partial charge in [-0.25, -0.2) is 0 Å². The predicted octanol–water partition coefficient (Wildman–Crippen LogP) is 1.17. The van der Waals surface area contributed by atoms with Crippen molar-refractivity contribution in [1.82, 2.24) is 10.1 Å². The van der Waals surface area contributed by atoms with Crippen molar-refractivity contribution in [2.24, 2.45) is 0 Å². The smallest absolute Gasteiger partial charge is 0.305 e. The molecule has 1 rings (SSSR count). The first-order chi connectivity index (χ1) is 7.95. The molecular weight excluding hydrogens is 224 g/mol. The molecule has 1 amide bonds. The predicted molar refractivity (Wildman–Crippen MR) is 59.7 cm³/mol. The summed E-state index contributed by atoms with van der Waals surface area (Å²) in [5, 5.41) is 12.3. The third kappa shape index (κ3) is 3.30. The third-order valence-electron chi connectivity index (χ3n) is 2.58. The second-order valence-electron chi connectivity index (χ2n) is 3.89. The maximum Gasteiger partial charge on any atom is 0.305 e. The van der Waals surface area contributed by atoms with Gasteiger partial charge in [0.25, 0.3) is 5.91 Å². The van der Waals surface area contributed by atoms with Crippen LogP contribution in [0.4, 0.5) is 0 Å². The zero-order chi connectivity index (χ0) is 13.0. The highest BCUT2D eigenvalue weighted by atomic mass is 16.5. The minimum atomic E-state index is -0.938. The third-order valence-corrected chi connectivity index (χ3v) is 2.58. The summed E-state index contributed by atoms with van der Waals surface area (Å²) in [6, 6.07) is 1.19. The average molecular weight is 240 g/mol. The molecule has 1 unspecified atom stereocenters. The molecule has 0 bridgehead atoms. The van der Waals surface area contributed by atoms with Gasteiger partial charge in [0.1, 0.15) is 5.76 Å². The van der Waals surface area contributed by atoms with E-state index in [-0.39, 0.29) is 24.1 Å². The molecule has 17 heavy (non-hydrogen) atoms. The van der Waals surface area contributed by atoms with Crippen LogP contribution in [0.3, 0.4) is 0 Å². The maximum absolute atomic E-state index is 11.9. The summed E-state index contributed by atoms with van der Waals surface area (Å²) >= 11 is 0. The molecule has 1 N–H and O–H groups in total. The van der Waals surface area contributed by atoms with Crippen LogP contribution in [-0.4, -0.2) is 40.1 Å². The van der Waals surface area contributed by atoms with Gasteiger partial charge in [0.05, 0.1) is 6.42 Å². The van der Waals surface area contributed by atoms with Gasteiger partial charge in [-0.3, -0.25) is 9.59 Å². The molecule has 0 spiro atoms. The molecule has 0 aliphatic heterocycles. The molecule has 0 aromatic carbocycles. The number of hydrogen-bond acceptors (Lipinski definition) is 4.